The Kier molecular flexibility index (Phi) is 4.11. The molecular formula is C17H17N3O3S. The van der Waals surface area contributed by atoms with Crippen molar-refractivity contribution in [2.24, 2.45) is 7.05 Å². The van der Waals surface area contributed by atoms with Crippen LogP contribution in [0.3, 0.4) is 0 Å². The van der Waals surface area contributed by atoms with E-state index in [9.17, 15) is 13.2 Å². The molecule has 3 rings (SSSR count). The average Bonchev–Trinajstić information content (AvgIpc) is 2.98. The Morgan fingerprint density at radius 2 is 1.83 bits per heavy atom. The highest BCUT2D eigenvalue weighted by Crippen LogP contribution is 2.25. The maximum atomic E-state index is 12.0. The maximum absolute atomic E-state index is 12.0. The van der Waals surface area contributed by atoms with Gasteiger partial charge in [0, 0.05) is 42.9 Å². The van der Waals surface area contributed by atoms with Crippen molar-refractivity contribution in [1.29, 1.82) is 0 Å². The molecule has 1 aromatic carbocycles. The molecule has 0 aliphatic heterocycles. The lowest BCUT2D eigenvalue weighted by atomic mass is 10.1. The molecule has 2 aromatic heterocycles. The molecule has 0 aliphatic carbocycles. The van der Waals surface area contributed by atoms with Crippen LogP contribution in [0, 0.1) is 0 Å². The predicted molar refractivity (Wildman–Crippen MR) is 91.6 cm³/mol. The predicted octanol–water partition coefficient (Wildman–Crippen LogP) is 1.70. The van der Waals surface area contributed by atoms with Gasteiger partial charge in [0.25, 0.3) is 5.56 Å². The molecule has 3 aromatic rings. The van der Waals surface area contributed by atoms with Gasteiger partial charge in [-0.3, -0.25) is 9.48 Å². The van der Waals surface area contributed by atoms with Crippen LogP contribution in [0.2, 0.25) is 0 Å². The van der Waals surface area contributed by atoms with E-state index in [0.29, 0.717) is 17.7 Å². The van der Waals surface area contributed by atoms with E-state index in [1.807, 2.05) is 30.3 Å². The van der Waals surface area contributed by atoms with E-state index < -0.39 is 9.84 Å². The van der Waals surface area contributed by atoms with Crippen LogP contribution in [0.4, 0.5) is 0 Å². The van der Waals surface area contributed by atoms with Crippen LogP contribution in [0.5, 0.6) is 0 Å². The zero-order valence-electron chi connectivity index (χ0n) is 13.4. The third kappa shape index (κ3) is 3.30. The zero-order chi connectivity index (χ0) is 17.3. The Balaban J connectivity index is 2.04. The Morgan fingerprint density at radius 1 is 1.12 bits per heavy atom. The summed E-state index contributed by atoms with van der Waals surface area (Å²) in [4.78, 5) is 11.8. The molecule has 6 nitrogen and oxygen atoms in total. The fourth-order valence-corrected chi connectivity index (χ4v) is 3.38. The lowest BCUT2D eigenvalue weighted by Crippen LogP contribution is -2.18. The number of rotatable bonds is 4. The number of aromatic nitrogens is 3. The van der Waals surface area contributed by atoms with Crippen molar-refractivity contribution in [2.45, 2.75) is 11.4 Å². The molecular weight excluding hydrogens is 326 g/mol. The van der Waals surface area contributed by atoms with Crippen molar-refractivity contribution in [1.82, 2.24) is 14.3 Å². The Hall–Kier alpha value is -2.67. The summed E-state index contributed by atoms with van der Waals surface area (Å²) in [6.45, 7) is 0.584. The smallest absolute Gasteiger partial charge is 0.251 e. The molecule has 0 bridgehead atoms. The van der Waals surface area contributed by atoms with E-state index >= 15 is 0 Å². The number of nitrogens with zero attached hydrogens (tertiary/aromatic N) is 3. The molecule has 0 unspecified atom stereocenters. The largest absolute Gasteiger partial charge is 0.318 e. The summed E-state index contributed by atoms with van der Waals surface area (Å²) in [5.74, 6) is 0. The molecule has 0 aliphatic rings. The number of benzene rings is 1. The molecule has 0 atom stereocenters. The lowest BCUT2D eigenvalue weighted by molar-refractivity contribution is 0.601. The normalized spacial score (nSPS) is 11.6. The molecule has 0 spiro atoms. The van der Waals surface area contributed by atoms with Crippen LogP contribution in [-0.4, -0.2) is 29.0 Å². The summed E-state index contributed by atoms with van der Waals surface area (Å²) < 4.78 is 27.1. The number of aryl methyl sites for hydroxylation is 1. The molecule has 124 valence electrons. The highest BCUT2D eigenvalue weighted by molar-refractivity contribution is 7.90. The van der Waals surface area contributed by atoms with Crippen LogP contribution in [0.15, 0.2) is 64.7 Å². The van der Waals surface area contributed by atoms with Crippen LogP contribution >= 0.6 is 0 Å². The van der Waals surface area contributed by atoms with E-state index in [-0.39, 0.29) is 10.5 Å². The fourth-order valence-electron chi connectivity index (χ4n) is 2.50. The van der Waals surface area contributed by atoms with Crippen molar-refractivity contribution in [3.05, 3.63) is 70.9 Å². The molecule has 7 heteroatoms. The van der Waals surface area contributed by atoms with E-state index in [0.717, 1.165) is 17.9 Å². The first-order chi connectivity index (χ1) is 11.3. The first-order valence-electron chi connectivity index (χ1n) is 7.32. The summed E-state index contributed by atoms with van der Waals surface area (Å²) >= 11 is 0. The van der Waals surface area contributed by atoms with Gasteiger partial charge in [0.2, 0.25) is 0 Å². The van der Waals surface area contributed by atoms with Gasteiger partial charge in [-0.05, 0) is 5.56 Å². The van der Waals surface area contributed by atoms with Gasteiger partial charge in [0.05, 0.1) is 17.6 Å². The van der Waals surface area contributed by atoms with Crippen molar-refractivity contribution >= 4 is 9.84 Å². The summed E-state index contributed by atoms with van der Waals surface area (Å²) in [5, 5.41) is 4.30. The van der Waals surface area contributed by atoms with Crippen molar-refractivity contribution < 1.29 is 8.42 Å². The Labute approximate surface area is 139 Å². The van der Waals surface area contributed by atoms with Crippen LogP contribution < -0.4 is 5.56 Å². The molecule has 0 radical (unpaired) electrons. The monoisotopic (exact) mass is 343 g/mol. The van der Waals surface area contributed by atoms with E-state index in [1.165, 1.54) is 10.8 Å². The van der Waals surface area contributed by atoms with Crippen LogP contribution in [0.1, 0.15) is 5.56 Å². The number of hydrogen-bond acceptors (Lipinski definition) is 4. The number of sulfone groups is 1. The summed E-state index contributed by atoms with van der Waals surface area (Å²) in [7, 11) is -1.93. The van der Waals surface area contributed by atoms with Crippen molar-refractivity contribution in [3.63, 3.8) is 0 Å². The van der Waals surface area contributed by atoms with Crippen molar-refractivity contribution in [3.8, 4) is 11.1 Å². The van der Waals surface area contributed by atoms with Gasteiger partial charge in [-0.1, -0.05) is 30.3 Å². The first-order valence-corrected chi connectivity index (χ1v) is 9.21. The molecule has 0 N–H and O–H groups in total. The highest BCUT2D eigenvalue weighted by atomic mass is 32.2. The molecule has 2 heterocycles. The summed E-state index contributed by atoms with van der Waals surface area (Å²) in [6.07, 6.45) is 6.02. The zero-order valence-corrected chi connectivity index (χ0v) is 14.2. The summed E-state index contributed by atoms with van der Waals surface area (Å²) in [6, 6.07) is 11.0. The number of hydrogen-bond donors (Lipinski definition) is 0. The Morgan fingerprint density at radius 3 is 2.50 bits per heavy atom. The maximum Gasteiger partial charge on any atom is 0.251 e. The SMILES string of the molecule is Cn1cc(-c2cnn(Cc3ccccc3)c2)c(S(C)(=O)=O)cc1=O. The molecule has 24 heavy (non-hydrogen) atoms. The number of pyridine rings is 1. The minimum atomic E-state index is -3.52. The van der Waals surface area contributed by atoms with E-state index in [4.69, 9.17) is 0 Å². The second-order valence-electron chi connectivity index (χ2n) is 5.68. The first kappa shape index (κ1) is 16.2. The van der Waals surface area contributed by atoms with Crippen LogP contribution in [0.25, 0.3) is 11.1 Å². The fraction of sp³-hybridized carbons (Fsp3) is 0.176. The minimum Gasteiger partial charge on any atom is -0.318 e. The van der Waals surface area contributed by atoms with Gasteiger partial charge in [-0.25, -0.2) is 8.42 Å². The van der Waals surface area contributed by atoms with Gasteiger partial charge in [-0.15, -0.1) is 0 Å². The second kappa shape index (κ2) is 6.09. The summed E-state index contributed by atoms with van der Waals surface area (Å²) in [5.41, 5.74) is 1.85. The molecule has 0 amide bonds. The Bertz CT molecular complexity index is 1030. The van der Waals surface area contributed by atoms with Crippen LogP contribution in [-0.2, 0) is 23.4 Å². The standard InChI is InChI=1S/C17H17N3O3S/c1-19-12-15(16(8-17(19)21)24(2,22)23)14-9-18-20(11-14)10-13-6-4-3-5-7-13/h3-9,11-12H,10H2,1-2H3. The average molecular weight is 343 g/mol. The lowest BCUT2D eigenvalue weighted by Gasteiger charge is -2.08. The van der Waals surface area contributed by atoms with Gasteiger partial charge >= 0.3 is 0 Å². The van der Waals surface area contributed by atoms with Gasteiger partial charge < -0.3 is 4.57 Å². The molecule has 0 saturated heterocycles. The third-order valence-electron chi connectivity index (χ3n) is 3.72. The molecule has 0 fully saturated rings. The molecule has 0 saturated carbocycles. The highest BCUT2D eigenvalue weighted by Gasteiger charge is 2.18. The minimum absolute atomic E-state index is 0.0184. The van der Waals surface area contributed by atoms with Gasteiger partial charge in [0.15, 0.2) is 9.84 Å². The second-order valence-corrected chi connectivity index (χ2v) is 7.67. The van der Waals surface area contributed by atoms with Crippen molar-refractivity contribution in [2.75, 3.05) is 6.26 Å². The van der Waals surface area contributed by atoms with E-state index in [2.05, 4.69) is 5.10 Å². The van der Waals surface area contributed by atoms with Gasteiger partial charge in [-0.2, -0.15) is 5.10 Å². The quantitative estimate of drug-likeness (QED) is 0.723. The van der Waals surface area contributed by atoms with E-state index in [1.54, 1.807) is 24.1 Å². The van der Waals surface area contributed by atoms with Gasteiger partial charge in [0.1, 0.15) is 0 Å². The topological polar surface area (TPSA) is 74.0 Å². The third-order valence-corrected chi connectivity index (χ3v) is 4.86.